The number of hydrogen-bond donors (Lipinski definition) is 2. The van der Waals surface area contributed by atoms with Gasteiger partial charge >= 0.3 is 0 Å². The molecule has 1 saturated heterocycles. The summed E-state index contributed by atoms with van der Waals surface area (Å²) in [6, 6.07) is 0.584. The molecular weight excluding hydrogens is 256 g/mol. The number of β-amino-alcohol motifs (C(OH)–C–C–N with tert-alkyl or cyclic N) is 1. The predicted molar refractivity (Wildman–Crippen MR) is 81.0 cm³/mol. The van der Waals surface area contributed by atoms with Gasteiger partial charge in [-0.05, 0) is 52.7 Å². The maximum atomic E-state index is 10.0. The summed E-state index contributed by atoms with van der Waals surface area (Å²) in [5.41, 5.74) is 0. The van der Waals surface area contributed by atoms with Gasteiger partial charge in [0, 0.05) is 19.7 Å². The number of aliphatic hydroxyl groups excluding tert-OH is 1. The second-order valence-electron chi connectivity index (χ2n) is 5.97. The van der Waals surface area contributed by atoms with Crippen molar-refractivity contribution in [1.82, 2.24) is 10.2 Å². The van der Waals surface area contributed by atoms with Crippen molar-refractivity contribution in [3.8, 4) is 0 Å². The van der Waals surface area contributed by atoms with E-state index in [1.165, 1.54) is 12.8 Å². The van der Waals surface area contributed by atoms with Crippen molar-refractivity contribution in [2.24, 2.45) is 5.92 Å². The van der Waals surface area contributed by atoms with Crippen LogP contribution in [0.3, 0.4) is 0 Å². The van der Waals surface area contributed by atoms with Gasteiger partial charge in [-0.2, -0.15) is 0 Å². The number of hydrogen-bond acceptors (Lipinski definition) is 5. The summed E-state index contributed by atoms with van der Waals surface area (Å²) in [5.74, 6) is 0.756. The molecule has 1 rings (SSSR count). The van der Waals surface area contributed by atoms with Crippen LogP contribution in [0.15, 0.2) is 0 Å². The van der Waals surface area contributed by atoms with Crippen molar-refractivity contribution in [1.29, 1.82) is 0 Å². The Morgan fingerprint density at radius 3 is 2.45 bits per heavy atom. The standard InChI is InChI=1S/C15H32N2O3/c1-12(10-19-4)20-11-15(18)9-17-7-5-14(6-8-17)13(2)16-3/h12-16,18H,5-11H2,1-4H3. The van der Waals surface area contributed by atoms with Gasteiger partial charge in [0.25, 0.3) is 0 Å². The molecule has 0 saturated carbocycles. The minimum absolute atomic E-state index is 0.0388. The Bertz CT molecular complexity index is 245. The fourth-order valence-corrected chi connectivity index (χ4v) is 2.78. The molecule has 2 N–H and O–H groups in total. The highest BCUT2D eigenvalue weighted by Gasteiger charge is 2.24. The van der Waals surface area contributed by atoms with Gasteiger partial charge in [0.15, 0.2) is 0 Å². The van der Waals surface area contributed by atoms with Crippen molar-refractivity contribution in [2.75, 3.05) is 47.0 Å². The molecule has 0 aromatic carbocycles. The van der Waals surface area contributed by atoms with Crippen LogP contribution in [0, 0.1) is 5.92 Å². The first-order valence-corrected chi connectivity index (χ1v) is 7.75. The van der Waals surface area contributed by atoms with Crippen molar-refractivity contribution in [2.45, 2.75) is 44.9 Å². The number of nitrogens with zero attached hydrogens (tertiary/aromatic N) is 1. The van der Waals surface area contributed by atoms with Crippen LogP contribution in [0.1, 0.15) is 26.7 Å². The summed E-state index contributed by atoms with van der Waals surface area (Å²) in [6.45, 7) is 8.02. The van der Waals surface area contributed by atoms with Crippen LogP contribution in [-0.4, -0.2) is 75.3 Å². The zero-order chi connectivity index (χ0) is 15.0. The number of aliphatic hydroxyl groups is 1. The highest BCUT2D eigenvalue weighted by molar-refractivity contribution is 4.79. The summed E-state index contributed by atoms with van der Waals surface area (Å²) in [5, 5.41) is 13.4. The van der Waals surface area contributed by atoms with E-state index in [0.29, 0.717) is 25.8 Å². The van der Waals surface area contributed by atoms with Crippen LogP contribution in [0.4, 0.5) is 0 Å². The first kappa shape index (κ1) is 17.9. The first-order valence-electron chi connectivity index (χ1n) is 7.75. The van der Waals surface area contributed by atoms with E-state index in [-0.39, 0.29) is 6.10 Å². The Labute approximate surface area is 123 Å². The lowest BCUT2D eigenvalue weighted by Crippen LogP contribution is -2.44. The molecule has 0 bridgehead atoms. The number of piperidine rings is 1. The summed E-state index contributed by atoms with van der Waals surface area (Å²) < 4.78 is 10.6. The van der Waals surface area contributed by atoms with E-state index in [1.807, 2.05) is 14.0 Å². The second-order valence-corrected chi connectivity index (χ2v) is 5.97. The van der Waals surface area contributed by atoms with Crippen LogP contribution >= 0.6 is 0 Å². The molecule has 0 aromatic heterocycles. The zero-order valence-electron chi connectivity index (χ0n) is 13.5. The van der Waals surface area contributed by atoms with E-state index in [0.717, 1.165) is 19.0 Å². The third kappa shape index (κ3) is 6.50. The van der Waals surface area contributed by atoms with Gasteiger partial charge in [0.05, 0.1) is 25.4 Å². The van der Waals surface area contributed by atoms with Crippen LogP contribution in [0.2, 0.25) is 0 Å². The number of rotatable bonds is 9. The molecule has 3 atom stereocenters. The number of methoxy groups -OCH3 is 1. The fourth-order valence-electron chi connectivity index (χ4n) is 2.78. The summed E-state index contributed by atoms with van der Waals surface area (Å²) in [4.78, 5) is 2.34. The SMILES string of the molecule is CNC(C)C1CCN(CC(O)COC(C)COC)CC1. The Balaban J connectivity index is 2.16. The normalized spacial score (nSPS) is 22.6. The summed E-state index contributed by atoms with van der Waals surface area (Å²) in [6.07, 6.45) is 2.04. The van der Waals surface area contributed by atoms with E-state index in [2.05, 4.69) is 17.1 Å². The van der Waals surface area contributed by atoms with Gasteiger partial charge in [0.2, 0.25) is 0 Å². The van der Waals surface area contributed by atoms with Crippen LogP contribution in [0.25, 0.3) is 0 Å². The summed E-state index contributed by atoms with van der Waals surface area (Å²) in [7, 11) is 3.69. The highest BCUT2D eigenvalue weighted by atomic mass is 16.5. The molecule has 0 amide bonds. The molecule has 1 aliphatic heterocycles. The van der Waals surface area contributed by atoms with Crippen molar-refractivity contribution in [3.63, 3.8) is 0 Å². The topological polar surface area (TPSA) is 54.0 Å². The Hall–Kier alpha value is -0.200. The smallest absolute Gasteiger partial charge is 0.0900 e. The quantitative estimate of drug-likeness (QED) is 0.655. The van der Waals surface area contributed by atoms with Crippen LogP contribution in [-0.2, 0) is 9.47 Å². The molecule has 0 radical (unpaired) electrons. The lowest BCUT2D eigenvalue weighted by atomic mass is 9.90. The largest absolute Gasteiger partial charge is 0.389 e. The third-order valence-electron chi connectivity index (χ3n) is 4.24. The molecular formula is C15H32N2O3. The second kappa shape index (κ2) is 9.68. The first-order chi connectivity index (χ1) is 9.56. The van der Waals surface area contributed by atoms with Crippen molar-refractivity contribution in [3.05, 3.63) is 0 Å². The number of likely N-dealkylation sites (tertiary alicyclic amines) is 1. The van der Waals surface area contributed by atoms with Crippen molar-refractivity contribution < 1.29 is 14.6 Å². The van der Waals surface area contributed by atoms with Gasteiger partial charge in [-0.25, -0.2) is 0 Å². The zero-order valence-corrected chi connectivity index (χ0v) is 13.5. The molecule has 5 heteroatoms. The molecule has 1 aliphatic rings. The molecule has 5 nitrogen and oxygen atoms in total. The molecule has 0 aromatic rings. The van der Waals surface area contributed by atoms with Gasteiger partial charge in [-0.1, -0.05) is 0 Å². The molecule has 1 fully saturated rings. The lowest BCUT2D eigenvalue weighted by Gasteiger charge is -2.35. The number of ether oxygens (including phenoxy) is 2. The fraction of sp³-hybridized carbons (Fsp3) is 1.00. The molecule has 120 valence electrons. The van der Waals surface area contributed by atoms with Gasteiger partial charge in [-0.15, -0.1) is 0 Å². The van der Waals surface area contributed by atoms with E-state index < -0.39 is 6.10 Å². The maximum Gasteiger partial charge on any atom is 0.0900 e. The Morgan fingerprint density at radius 2 is 1.90 bits per heavy atom. The molecule has 20 heavy (non-hydrogen) atoms. The minimum Gasteiger partial charge on any atom is -0.389 e. The summed E-state index contributed by atoms with van der Waals surface area (Å²) >= 11 is 0. The molecule has 3 unspecified atom stereocenters. The minimum atomic E-state index is -0.410. The van der Waals surface area contributed by atoms with Gasteiger partial charge in [-0.3, -0.25) is 0 Å². The monoisotopic (exact) mass is 288 g/mol. The predicted octanol–water partition coefficient (Wildman–Crippen LogP) is 0.719. The molecule has 1 heterocycles. The van der Waals surface area contributed by atoms with E-state index in [1.54, 1.807) is 7.11 Å². The van der Waals surface area contributed by atoms with Crippen LogP contribution < -0.4 is 5.32 Å². The van der Waals surface area contributed by atoms with Gasteiger partial charge in [0.1, 0.15) is 0 Å². The third-order valence-corrected chi connectivity index (χ3v) is 4.24. The molecule has 0 spiro atoms. The molecule has 0 aliphatic carbocycles. The average molecular weight is 288 g/mol. The maximum absolute atomic E-state index is 10.0. The van der Waals surface area contributed by atoms with E-state index >= 15 is 0 Å². The van der Waals surface area contributed by atoms with Gasteiger partial charge < -0.3 is 24.8 Å². The van der Waals surface area contributed by atoms with Crippen molar-refractivity contribution >= 4 is 0 Å². The Kier molecular flexibility index (Phi) is 8.64. The lowest BCUT2D eigenvalue weighted by molar-refractivity contribution is -0.0419. The van der Waals surface area contributed by atoms with E-state index in [9.17, 15) is 5.11 Å². The van der Waals surface area contributed by atoms with E-state index in [4.69, 9.17) is 9.47 Å². The number of nitrogens with one attached hydrogen (secondary N) is 1. The van der Waals surface area contributed by atoms with Crippen LogP contribution in [0.5, 0.6) is 0 Å². The average Bonchev–Trinajstić information content (AvgIpc) is 2.45. The highest BCUT2D eigenvalue weighted by Crippen LogP contribution is 2.20. The Morgan fingerprint density at radius 1 is 1.25 bits per heavy atom.